The summed E-state index contributed by atoms with van der Waals surface area (Å²) in [4.78, 5) is 16.0. The van der Waals surface area contributed by atoms with E-state index in [1.807, 2.05) is 0 Å². The number of amides is 1. The Balaban J connectivity index is 2.08. The van der Waals surface area contributed by atoms with Gasteiger partial charge in [0.25, 0.3) is 5.91 Å². The molecule has 2 aromatic carbocycles. The molecular formula is C17H8Cl2F7N3OS. The lowest BCUT2D eigenvalue weighted by atomic mass is 10.1. The minimum absolute atomic E-state index is 0.00665. The lowest BCUT2D eigenvalue weighted by Gasteiger charge is -2.38. The van der Waals surface area contributed by atoms with Gasteiger partial charge in [-0.05, 0) is 36.4 Å². The molecule has 2 N–H and O–H groups in total. The highest BCUT2D eigenvalue weighted by molar-refractivity contribution is 7.22. The molecule has 0 bridgehead atoms. The average Bonchev–Trinajstić information content (AvgIpc) is 3.00. The summed E-state index contributed by atoms with van der Waals surface area (Å²) in [5.74, 6) is -2.53. The minimum Gasteiger partial charge on any atom is -0.324 e. The maximum Gasteiger partial charge on any atom is 0.439 e. The second-order valence-electron chi connectivity index (χ2n) is 6.08. The Hall–Kier alpha value is -2.31. The third-order valence-electron chi connectivity index (χ3n) is 3.97. The molecule has 3 aromatic rings. The molecular weight excluding hydrogens is 498 g/mol. The summed E-state index contributed by atoms with van der Waals surface area (Å²) in [7, 11) is 0. The number of carbonyl (C=O) groups excluding carboxylic acids is 1. The van der Waals surface area contributed by atoms with E-state index in [-0.39, 0.29) is 15.2 Å². The Bertz CT molecular complexity index is 1130. The van der Waals surface area contributed by atoms with Crippen molar-refractivity contribution in [3.63, 3.8) is 0 Å². The summed E-state index contributed by atoms with van der Waals surface area (Å²) >= 11 is 11.7. The van der Waals surface area contributed by atoms with Crippen LogP contribution in [0.2, 0.25) is 10.0 Å². The molecule has 14 heteroatoms. The van der Waals surface area contributed by atoms with Crippen molar-refractivity contribution in [2.75, 3.05) is 5.32 Å². The van der Waals surface area contributed by atoms with Crippen molar-refractivity contribution in [1.82, 2.24) is 10.3 Å². The number of alkyl halides is 6. The van der Waals surface area contributed by atoms with E-state index in [2.05, 4.69) is 4.98 Å². The highest BCUT2D eigenvalue weighted by Gasteiger charge is 2.73. The number of halogens is 9. The lowest BCUT2D eigenvalue weighted by molar-refractivity contribution is -0.294. The van der Waals surface area contributed by atoms with E-state index in [4.69, 9.17) is 23.2 Å². The topological polar surface area (TPSA) is 54.0 Å². The van der Waals surface area contributed by atoms with Crippen LogP contribution < -0.4 is 10.6 Å². The van der Waals surface area contributed by atoms with Crippen LogP contribution in [0.3, 0.4) is 0 Å². The Morgan fingerprint density at radius 3 is 2.19 bits per heavy atom. The van der Waals surface area contributed by atoms with Gasteiger partial charge in [0.15, 0.2) is 5.13 Å². The number of aromatic nitrogens is 1. The second kappa shape index (κ2) is 7.99. The summed E-state index contributed by atoms with van der Waals surface area (Å²) in [6.45, 7) is 0. The number of rotatable bonds is 4. The van der Waals surface area contributed by atoms with Gasteiger partial charge in [0, 0.05) is 5.02 Å². The van der Waals surface area contributed by atoms with Crippen LogP contribution in [0.1, 0.15) is 10.4 Å². The van der Waals surface area contributed by atoms with Crippen LogP contribution in [0.4, 0.5) is 35.9 Å². The van der Waals surface area contributed by atoms with Gasteiger partial charge in [0.2, 0.25) is 0 Å². The summed E-state index contributed by atoms with van der Waals surface area (Å²) in [5, 5.41) is 0.907. The molecule has 0 spiro atoms. The zero-order valence-electron chi connectivity index (χ0n) is 14.6. The normalized spacial score (nSPS) is 12.8. The number of hydrogen-bond donors (Lipinski definition) is 2. The summed E-state index contributed by atoms with van der Waals surface area (Å²) < 4.78 is 96.0. The fraction of sp³-hybridized carbons (Fsp3) is 0.176. The maximum atomic E-state index is 13.8. The van der Waals surface area contributed by atoms with Crippen molar-refractivity contribution in [3.8, 4) is 0 Å². The molecule has 31 heavy (non-hydrogen) atoms. The largest absolute Gasteiger partial charge is 0.439 e. The van der Waals surface area contributed by atoms with E-state index >= 15 is 0 Å². The number of anilines is 1. The van der Waals surface area contributed by atoms with Gasteiger partial charge in [0.1, 0.15) is 5.82 Å². The van der Waals surface area contributed by atoms with E-state index in [0.717, 1.165) is 41.7 Å². The molecule has 0 unspecified atom stereocenters. The van der Waals surface area contributed by atoms with Gasteiger partial charge in [0.05, 0.1) is 20.8 Å². The number of fused-ring (bicyclic) bond motifs is 1. The maximum absolute atomic E-state index is 13.8. The van der Waals surface area contributed by atoms with Crippen molar-refractivity contribution in [3.05, 3.63) is 57.8 Å². The molecule has 0 atom stereocenters. The van der Waals surface area contributed by atoms with E-state index in [1.54, 1.807) is 0 Å². The molecule has 166 valence electrons. The van der Waals surface area contributed by atoms with Crippen molar-refractivity contribution in [2.45, 2.75) is 18.0 Å². The fourth-order valence-electron chi connectivity index (χ4n) is 2.50. The molecule has 0 aliphatic rings. The van der Waals surface area contributed by atoms with Gasteiger partial charge in [-0.1, -0.05) is 34.5 Å². The first-order valence-electron chi connectivity index (χ1n) is 7.99. The zero-order valence-corrected chi connectivity index (χ0v) is 17.0. The van der Waals surface area contributed by atoms with Crippen molar-refractivity contribution >= 4 is 55.8 Å². The molecule has 0 fully saturated rings. The first-order chi connectivity index (χ1) is 14.2. The predicted octanol–water partition coefficient (Wildman–Crippen LogP) is 6.41. The zero-order chi connectivity index (χ0) is 23.2. The van der Waals surface area contributed by atoms with Gasteiger partial charge in [-0.15, -0.1) is 0 Å². The highest BCUT2D eigenvalue weighted by atomic mass is 35.5. The standard InChI is InChI=1S/C17H8Cl2F7N3OS/c18-7-1-3-9(10(19)5-7)13(30)28-15(16(21,22)23,17(24,25)26)29-14-27-11-4-2-8(20)6-12(11)31-14/h1-6H,(H,27,29)(H,28,30). The van der Waals surface area contributed by atoms with E-state index < -0.39 is 45.5 Å². The van der Waals surface area contributed by atoms with Gasteiger partial charge in [-0.2, -0.15) is 26.3 Å². The molecule has 1 amide bonds. The van der Waals surface area contributed by atoms with Crippen LogP contribution in [-0.2, 0) is 0 Å². The number of carbonyl (C=O) groups is 1. The molecule has 0 saturated carbocycles. The first-order valence-corrected chi connectivity index (χ1v) is 9.56. The molecule has 4 nitrogen and oxygen atoms in total. The second-order valence-corrected chi connectivity index (χ2v) is 7.95. The smallest absolute Gasteiger partial charge is 0.324 e. The van der Waals surface area contributed by atoms with Crippen molar-refractivity contribution < 1.29 is 35.5 Å². The van der Waals surface area contributed by atoms with Crippen LogP contribution >= 0.6 is 34.5 Å². The Labute approximate surface area is 183 Å². The molecule has 0 radical (unpaired) electrons. The monoisotopic (exact) mass is 505 g/mol. The van der Waals surface area contributed by atoms with Gasteiger partial charge >= 0.3 is 18.0 Å². The fourth-order valence-corrected chi connectivity index (χ4v) is 3.94. The minimum atomic E-state index is -6.07. The molecule has 3 rings (SSSR count). The van der Waals surface area contributed by atoms with Crippen LogP contribution in [0.15, 0.2) is 36.4 Å². The van der Waals surface area contributed by atoms with E-state index in [9.17, 15) is 35.5 Å². The Kier molecular flexibility index (Phi) is 6.02. The van der Waals surface area contributed by atoms with Gasteiger partial charge < -0.3 is 10.6 Å². The average molecular weight is 506 g/mol. The molecule has 0 aliphatic heterocycles. The summed E-state index contributed by atoms with van der Waals surface area (Å²) in [5.41, 5.74) is -5.64. The van der Waals surface area contributed by atoms with Gasteiger partial charge in [-0.3, -0.25) is 4.79 Å². The van der Waals surface area contributed by atoms with Crippen LogP contribution in [0.5, 0.6) is 0 Å². The van der Waals surface area contributed by atoms with Gasteiger partial charge in [-0.25, -0.2) is 9.37 Å². The number of thiazole rings is 1. The number of nitrogens with zero attached hydrogens (tertiary/aromatic N) is 1. The number of nitrogens with one attached hydrogen (secondary N) is 2. The third kappa shape index (κ3) is 4.51. The van der Waals surface area contributed by atoms with Crippen molar-refractivity contribution in [2.24, 2.45) is 0 Å². The lowest BCUT2D eigenvalue weighted by Crippen LogP contribution is -2.72. The number of benzene rings is 2. The van der Waals surface area contributed by atoms with Crippen molar-refractivity contribution in [1.29, 1.82) is 0 Å². The van der Waals surface area contributed by atoms with E-state index in [1.165, 1.54) is 5.32 Å². The molecule has 0 saturated heterocycles. The molecule has 1 heterocycles. The summed E-state index contributed by atoms with van der Waals surface area (Å²) in [6, 6.07) is 5.85. The first kappa shape index (κ1) is 23.4. The SMILES string of the molecule is O=C(NC(Nc1nc2ccc(F)cc2s1)(C(F)(F)F)C(F)(F)F)c1ccc(Cl)cc1Cl. The third-order valence-corrected chi connectivity index (χ3v) is 5.45. The van der Waals surface area contributed by atoms with Crippen LogP contribution in [0.25, 0.3) is 10.2 Å². The Morgan fingerprint density at radius 2 is 1.61 bits per heavy atom. The van der Waals surface area contributed by atoms with Crippen LogP contribution in [0, 0.1) is 5.82 Å². The summed E-state index contributed by atoms with van der Waals surface area (Å²) in [6.07, 6.45) is -12.1. The van der Waals surface area contributed by atoms with E-state index in [0.29, 0.717) is 11.3 Å². The molecule has 1 aromatic heterocycles. The highest BCUT2D eigenvalue weighted by Crippen LogP contribution is 2.45. The number of hydrogen-bond acceptors (Lipinski definition) is 4. The predicted molar refractivity (Wildman–Crippen MR) is 102 cm³/mol. The molecule has 0 aliphatic carbocycles. The van der Waals surface area contributed by atoms with Crippen LogP contribution in [-0.4, -0.2) is 28.9 Å². The Morgan fingerprint density at radius 1 is 0.968 bits per heavy atom. The quantitative estimate of drug-likeness (QED) is 0.318.